The molecule has 2 N–H and O–H groups in total. The molecule has 0 aromatic heterocycles. The van der Waals surface area contributed by atoms with Crippen molar-refractivity contribution in [3.63, 3.8) is 0 Å². The lowest BCUT2D eigenvalue weighted by molar-refractivity contribution is -0.146. The van der Waals surface area contributed by atoms with Gasteiger partial charge in [0.15, 0.2) is 0 Å². The first-order chi connectivity index (χ1) is 10.5. The van der Waals surface area contributed by atoms with Crippen molar-refractivity contribution in [2.45, 2.75) is 0 Å². The summed E-state index contributed by atoms with van der Waals surface area (Å²) in [5.41, 5.74) is -0.151. The highest BCUT2D eigenvalue weighted by atomic mass is 35.5. The smallest absolute Gasteiger partial charge is 0.378 e. The predicted molar refractivity (Wildman–Crippen MR) is 93.3 cm³/mol. The first-order valence-electron chi connectivity index (χ1n) is 5.26. The zero-order valence-electron chi connectivity index (χ0n) is 10.4. The van der Waals surface area contributed by atoms with Gasteiger partial charge in [0.25, 0.3) is 5.78 Å². The summed E-state index contributed by atoms with van der Waals surface area (Å²) < 4.78 is 0. The highest BCUT2D eigenvalue weighted by Crippen LogP contribution is 2.42. The third-order valence-electron chi connectivity index (χ3n) is 2.34. The number of aliphatic hydroxyl groups excluding tert-OH is 1. The van der Waals surface area contributed by atoms with Crippen molar-refractivity contribution >= 4 is 98.7 Å². The number of allylic oxidation sites excluding steroid dienone is 2. The summed E-state index contributed by atoms with van der Waals surface area (Å²) in [7, 11) is 0. The van der Waals surface area contributed by atoms with Crippen molar-refractivity contribution in [1.82, 2.24) is 0 Å². The summed E-state index contributed by atoms with van der Waals surface area (Å²) in [5.74, 6) is -4.10. The van der Waals surface area contributed by atoms with Crippen LogP contribution in [-0.2, 0) is 9.59 Å². The van der Waals surface area contributed by atoms with Crippen LogP contribution in [0.5, 0.6) is 0 Å². The lowest BCUT2D eigenvalue weighted by atomic mass is 10.1. The van der Waals surface area contributed by atoms with Crippen LogP contribution in [0.1, 0.15) is 5.56 Å². The van der Waals surface area contributed by atoms with Crippen molar-refractivity contribution in [3.8, 4) is 0 Å². The Bertz CT molecular complexity index is 767. The Hall–Kier alpha value is -0.330. The standard InChI is InChI=1S/C12H3Cl7O4/c13-3-1-2(4(14)6(16)5(3)15)10(20)8(18)7(17)9(19)11(21)12(22)23/h1,20H,(H,22,23)/b9-7+,10-8+. The molecule has 23 heavy (non-hydrogen) atoms. The van der Waals surface area contributed by atoms with Gasteiger partial charge in [0.1, 0.15) is 15.8 Å². The second-order valence-electron chi connectivity index (χ2n) is 3.77. The lowest BCUT2D eigenvalue weighted by Crippen LogP contribution is -2.13. The fraction of sp³-hybridized carbons (Fsp3) is 0. The van der Waals surface area contributed by atoms with Gasteiger partial charge in [0.05, 0.1) is 25.1 Å². The molecule has 0 aliphatic carbocycles. The third kappa shape index (κ3) is 4.40. The number of Topliss-reactive ketones (excluding diaryl/α,β-unsaturated/α-hetero) is 1. The third-order valence-corrected chi connectivity index (χ3v) is 5.40. The van der Waals surface area contributed by atoms with E-state index in [0.29, 0.717) is 0 Å². The Morgan fingerprint density at radius 2 is 1.30 bits per heavy atom. The topological polar surface area (TPSA) is 74.6 Å². The Morgan fingerprint density at radius 3 is 1.78 bits per heavy atom. The second kappa shape index (κ2) is 8.17. The predicted octanol–water partition coefficient (Wildman–Crippen LogP) is 6.11. The van der Waals surface area contributed by atoms with Crippen molar-refractivity contribution in [1.29, 1.82) is 0 Å². The molecule has 1 rings (SSSR count). The zero-order valence-corrected chi connectivity index (χ0v) is 15.7. The SMILES string of the molecule is O=C(O)C(=O)/C(Cl)=C(Cl)/C(Cl)=C(\O)c1cc(Cl)c(Cl)c(Cl)c1Cl. The normalized spacial score (nSPS) is 13.3. The number of carbonyl (C=O) groups excluding carboxylic acids is 1. The number of carbonyl (C=O) groups is 2. The summed E-state index contributed by atoms with van der Waals surface area (Å²) in [6.45, 7) is 0. The van der Waals surface area contributed by atoms with Gasteiger partial charge in [-0.2, -0.15) is 0 Å². The van der Waals surface area contributed by atoms with E-state index in [-0.39, 0.29) is 25.7 Å². The minimum Gasteiger partial charge on any atom is -0.506 e. The molecule has 0 aliphatic rings. The highest BCUT2D eigenvalue weighted by molar-refractivity contribution is 6.61. The number of aliphatic carboxylic acids is 1. The van der Waals surface area contributed by atoms with E-state index in [1.54, 1.807) is 0 Å². The zero-order chi connectivity index (χ0) is 18.1. The average Bonchev–Trinajstić information content (AvgIpc) is 2.52. The lowest BCUT2D eigenvalue weighted by Gasteiger charge is -2.10. The molecule has 1 aromatic rings. The number of aliphatic hydroxyl groups is 1. The van der Waals surface area contributed by atoms with Gasteiger partial charge < -0.3 is 10.2 Å². The van der Waals surface area contributed by atoms with E-state index in [1.165, 1.54) is 0 Å². The number of carboxylic acid groups (broad SMARTS) is 1. The number of benzene rings is 1. The van der Waals surface area contributed by atoms with Gasteiger partial charge in [-0.05, 0) is 6.07 Å². The summed E-state index contributed by atoms with van der Waals surface area (Å²) >= 11 is 40.4. The van der Waals surface area contributed by atoms with E-state index < -0.39 is 32.6 Å². The van der Waals surface area contributed by atoms with E-state index in [2.05, 4.69) is 0 Å². The molecule has 4 nitrogen and oxygen atoms in total. The molecule has 0 saturated carbocycles. The summed E-state index contributed by atoms with van der Waals surface area (Å²) in [6.07, 6.45) is 0. The molecule has 1 aromatic carbocycles. The van der Waals surface area contributed by atoms with Crippen molar-refractivity contribution in [2.24, 2.45) is 0 Å². The molecular formula is C12H3Cl7O4. The van der Waals surface area contributed by atoms with E-state index in [1.807, 2.05) is 0 Å². The molecular weight excluding hydrogens is 456 g/mol. The van der Waals surface area contributed by atoms with Crippen LogP contribution in [-0.4, -0.2) is 22.0 Å². The fourth-order valence-electron chi connectivity index (χ4n) is 1.26. The van der Waals surface area contributed by atoms with Crippen LogP contribution >= 0.6 is 81.2 Å². The maximum atomic E-state index is 11.2. The van der Waals surface area contributed by atoms with Crippen LogP contribution in [0.25, 0.3) is 5.76 Å². The van der Waals surface area contributed by atoms with E-state index in [0.717, 1.165) is 6.07 Å². The van der Waals surface area contributed by atoms with Gasteiger partial charge in [-0.15, -0.1) is 0 Å². The first kappa shape index (κ1) is 20.7. The number of hydrogen-bond donors (Lipinski definition) is 2. The summed E-state index contributed by atoms with van der Waals surface area (Å²) in [6, 6.07) is 1.15. The molecule has 0 heterocycles. The van der Waals surface area contributed by atoms with Gasteiger partial charge in [-0.25, -0.2) is 4.79 Å². The number of ketones is 1. The molecule has 0 amide bonds. The molecule has 0 unspecified atom stereocenters. The van der Waals surface area contributed by atoms with Crippen molar-refractivity contribution < 1.29 is 19.8 Å². The maximum Gasteiger partial charge on any atom is 0.378 e. The molecule has 0 atom stereocenters. The first-order valence-corrected chi connectivity index (χ1v) is 7.90. The molecule has 0 aliphatic heterocycles. The minimum absolute atomic E-state index is 0.0418. The molecule has 0 saturated heterocycles. The summed E-state index contributed by atoms with van der Waals surface area (Å²) in [4.78, 5) is 21.8. The molecule has 0 bridgehead atoms. The highest BCUT2D eigenvalue weighted by Gasteiger charge is 2.24. The van der Waals surface area contributed by atoms with Gasteiger partial charge in [-0.3, -0.25) is 4.79 Å². The minimum atomic E-state index is -1.85. The maximum absolute atomic E-state index is 11.2. The molecule has 124 valence electrons. The number of rotatable bonds is 4. The van der Waals surface area contributed by atoms with Crippen LogP contribution in [0.3, 0.4) is 0 Å². The van der Waals surface area contributed by atoms with Crippen LogP contribution in [0.4, 0.5) is 0 Å². The van der Waals surface area contributed by atoms with Crippen molar-refractivity contribution in [2.75, 3.05) is 0 Å². The Morgan fingerprint density at radius 1 is 0.783 bits per heavy atom. The van der Waals surface area contributed by atoms with E-state index in [4.69, 9.17) is 86.3 Å². The van der Waals surface area contributed by atoms with Gasteiger partial charge in [0, 0.05) is 5.56 Å². The van der Waals surface area contributed by atoms with Gasteiger partial charge in [0.2, 0.25) is 0 Å². The van der Waals surface area contributed by atoms with Crippen LogP contribution in [0.15, 0.2) is 21.2 Å². The van der Waals surface area contributed by atoms with Crippen LogP contribution < -0.4 is 0 Å². The van der Waals surface area contributed by atoms with Crippen LogP contribution in [0, 0.1) is 0 Å². The summed E-state index contributed by atoms with van der Waals surface area (Å²) in [5, 5.41) is 16.0. The largest absolute Gasteiger partial charge is 0.506 e. The number of carboxylic acids is 1. The quantitative estimate of drug-likeness (QED) is 0.142. The molecule has 11 heteroatoms. The number of hydrogen-bond acceptors (Lipinski definition) is 3. The monoisotopic (exact) mass is 456 g/mol. The van der Waals surface area contributed by atoms with Crippen LogP contribution in [0.2, 0.25) is 20.1 Å². The molecule has 0 radical (unpaired) electrons. The Balaban J connectivity index is 3.56. The Kier molecular flexibility index (Phi) is 7.36. The second-order valence-corrected chi connectivity index (χ2v) is 6.45. The van der Waals surface area contributed by atoms with Gasteiger partial charge in [-0.1, -0.05) is 81.2 Å². The van der Waals surface area contributed by atoms with E-state index in [9.17, 15) is 14.7 Å². The fourth-order valence-corrected chi connectivity index (χ4v) is 2.74. The van der Waals surface area contributed by atoms with Gasteiger partial charge >= 0.3 is 5.97 Å². The van der Waals surface area contributed by atoms with E-state index >= 15 is 0 Å². The van der Waals surface area contributed by atoms with Crippen molar-refractivity contribution in [3.05, 3.63) is 46.8 Å². The average molecular weight is 459 g/mol. The number of halogens is 7. The molecule has 0 fully saturated rings. The Labute approximate surface area is 164 Å². The molecule has 0 spiro atoms.